The molecule has 0 spiro atoms. The van der Waals surface area contributed by atoms with Crippen LogP contribution in [-0.4, -0.2) is 58.0 Å². The zero-order chi connectivity index (χ0) is 20.3. The average molecular weight is 403 g/mol. The number of phenolic OH excluding ortho intramolecular Hbond substituents is 1. The van der Waals surface area contributed by atoms with Gasteiger partial charge in [-0.05, 0) is 42.8 Å². The minimum Gasteiger partial charge on any atom is -0.504 e. The van der Waals surface area contributed by atoms with Crippen LogP contribution in [-0.2, 0) is 14.8 Å². The first kappa shape index (κ1) is 19.8. The van der Waals surface area contributed by atoms with Gasteiger partial charge in [-0.15, -0.1) is 4.40 Å². The Morgan fingerprint density at radius 1 is 1.21 bits per heavy atom. The number of sulfonamides is 1. The third-order valence-electron chi connectivity index (χ3n) is 4.16. The van der Waals surface area contributed by atoms with Crippen LogP contribution < -0.4 is 4.74 Å². The van der Waals surface area contributed by atoms with Gasteiger partial charge in [-0.2, -0.15) is 13.5 Å². The molecule has 1 aliphatic rings. The predicted octanol–water partition coefficient (Wildman–Crippen LogP) is 2.14. The van der Waals surface area contributed by atoms with E-state index in [2.05, 4.69) is 9.50 Å². The van der Waals surface area contributed by atoms with Gasteiger partial charge < -0.3 is 14.6 Å². The van der Waals surface area contributed by atoms with Gasteiger partial charge in [0, 0.05) is 12.7 Å². The first-order chi connectivity index (χ1) is 13.4. The SMILES string of the molecule is COCCN(/N=C/c1ccc(O)c(OC)c1)C1=NS(=O)(=O)c2ccc(C)cc21. The van der Waals surface area contributed by atoms with Gasteiger partial charge in [-0.3, -0.25) is 0 Å². The third kappa shape index (κ3) is 4.00. The molecule has 148 valence electrons. The number of aryl methyl sites for hydroxylation is 1. The smallest absolute Gasteiger partial charge is 0.285 e. The first-order valence-electron chi connectivity index (χ1n) is 8.49. The molecule has 1 aliphatic heterocycles. The molecule has 9 heteroatoms. The minimum absolute atomic E-state index is 0.0200. The third-order valence-corrected chi connectivity index (χ3v) is 5.49. The van der Waals surface area contributed by atoms with Crippen LogP contribution in [0.3, 0.4) is 0 Å². The Morgan fingerprint density at radius 3 is 2.71 bits per heavy atom. The van der Waals surface area contributed by atoms with E-state index in [0.29, 0.717) is 30.0 Å². The van der Waals surface area contributed by atoms with Crippen LogP contribution in [0.5, 0.6) is 11.5 Å². The van der Waals surface area contributed by atoms with Crippen molar-refractivity contribution >= 4 is 22.1 Å². The lowest BCUT2D eigenvalue weighted by Crippen LogP contribution is -2.29. The van der Waals surface area contributed by atoms with Crippen LogP contribution >= 0.6 is 0 Å². The first-order valence-corrected chi connectivity index (χ1v) is 9.93. The number of aromatic hydroxyl groups is 1. The minimum atomic E-state index is -3.76. The monoisotopic (exact) mass is 403 g/mol. The van der Waals surface area contributed by atoms with Crippen LogP contribution in [0.25, 0.3) is 0 Å². The molecule has 0 aromatic heterocycles. The number of benzene rings is 2. The lowest BCUT2D eigenvalue weighted by molar-refractivity contribution is 0.178. The van der Waals surface area contributed by atoms with Crippen molar-refractivity contribution in [1.82, 2.24) is 5.01 Å². The fourth-order valence-corrected chi connectivity index (χ4v) is 3.94. The van der Waals surface area contributed by atoms with Crippen molar-refractivity contribution in [1.29, 1.82) is 0 Å². The summed E-state index contributed by atoms with van der Waals surface area (Å²) in [5.41, 5.74) is 2.10. The Bertz CT molecular complexity index is 1050. The molecule has 0 unspecified atom stereocenters. The number of hydrogen-bond donors (Lipinski definition) is 1. The van der Waals surface area contributed by atoms with Crippen LogP contribution in [0.1, 0.15) is 16.7 Å². The molecule has 1 N–H and O–H groups in total. The largest absolute Gasteiger partial charge is 0.504 e. The molecule has 0 radical (unpaired) electrons. The van der Waals surface area contributed by atoms with E-state index >= 15 is 0 Å². The number of methoxy groups -OCH3 is 2. The molecule has 0 aliphatic carbocycles. The molecule has 3 rings (SSSR count). The number of fused-ring (bicyclic) bond motifs is 1. The van der Waals surface area contributed by atoms with Crippen molar-refractivity contribution < 1.29 is 23.0 Å². The van der Waals surface area contributed by atoms with Gasteiger partial charge >= 0.3 is 0 Å². The summed E-state index contributed by atoms with van der Waals surface area (Å²) in [6.45, 7) is 2.52. The van der Waals surface area contributed by atoms with Crippen molar-refractivity contribution in [3.8, 4) is 11.5 Å². The molecule has 0 bridgehead atoms. The number of amidine groups is 1. The highest BCUT2D eigenvalue weighted by atomic mass is 32.2. The van der Waals surface area contributed by atoms with Gasteiger partial charge in [0.2, 0.25) is 0 Å². The zero-order valence-corrected chi connectivity index (χ0v) is 16.6. The number of ether oxygens (including phenoxy) is 2. The van der Waals surface area contributed by atoms with Crippen LogP contribution in [0, 0.1) is 6.92 Å². The molecule has 0 fully saturated rings. The normalized spacial score (nSPS) is 14.8. The van der Waals surface area contributed by atoms with Crippen molar-refractivity contribution in [3.05, 3.63) is 53.1 Å². The molecule has 0 atom stereocenters. The van der Waals surface area contributed by atoms with Gasteiger partial charge in [-0.1, -0.05) is 11.6 Å². The Balaban J connectivity index is 1.99. The van der Waals surface area contributed by atoms with E-state index in [9.17, 15) is 13.5 Å². The van der Waals surface area contributed by atoms with E-state index in [1.54, 1.807) is 43.7 Å². The van der Waals surface area contributed by atoms with Crippen molar-refractivity contribution in [2.75, 3.05) is 27.4 Å². The summed E-state index contributed by atoms with van der Waals surface area (Å²) in [6.07, 6.45) is 1.54. The maximum absolute atomic E-state index is 12.4. The van der Waals surface area contributed by atoms with Crippen molar-refractivity contribution in [2.24, 2.45) is 9.50 Å². The number of nitrogens with zero attached hydrogens (tertiary/aromatic N) is 3. The van der Waals surface area contributed by atoms with Crippen LogP contribution in [0.4, 0.5) is 0 Å². The summed E-state index contributed by atoms with van der Waals surface area (Å²) in [5, 5.41) is 15.6. The molecule has 1 heterocycles. The lowest BCUT2D eigenvalue weighted by Gasteiger charge is -2.18. The lowest BCUT2D eigenvalue weighted by atomic mass is 10.1. The van der Waals surface area contributed by atoms with Gasteiger partial charge in [0.1, 0.15) is 4.90 Å². The molecular weight excluding hydrogens is 382 g/mol. The summed E-state index contributed by atoms with van der Waals surface area (Å²) >= 11 is 0. The Kier molecular flexibility index (Phi) is 5.66. The Hall–Kier alpha value is -2.91. The van der Waals surface area contributed by atoms with E-state index < -0.39 is 10.0 Å². The molecular formula is C19H21N3O5S. The Labute approximate surface area is 163 Å². The summed E-state index contributed by atoms with van der Waals surface area (Å²) in [7, 11) is -0.752. The van der Waals surface area contributed by atoms with E-state index in [1.165, 1.54) is 18.2 Å². The van der Waals surface area contributed by atoms with Crippen LogP contribution in [0.2, 0.25) is 0 Å². The van der Waals surface area contributed by atoms with Gasteiger partial charge in [-0.25, -0.2) is 5.01 Å². The van der Waals surface area contributed by atoms with E-state index in [1.807, 2.05) is 6.92 Å². The molecule has 0 amide bonds. The highest BCUT2D eigenvalue weighted by Gasteiger charge is 2.32. The number of rotatable bonds is 6. The van der Waals surface area contributed by atoms with Crippen molar-refractivity contribution in [2.45, 2.75) is 11.8 Å². The quantitative estimate of drug-likeness (QED) is 0.586. The standard InChI is InChI=1S/C19H21N3O5S/c1-13-4-7-18-15(10-13)19(21-28(18,24)25)22(8-9-26-2)20-12-14-5-6-16(23)17(11-14)27-3/h4-7,10-12,23H,8-9H2,1-3H3/b20-12+. The second-order valence-corrected chi connectivity index (χ2v) is 7.75. The predicted molar refractivity (Wildman–Crippen MR) is 106 cm³/mol. The van der Waals surface area contributed by atoms with E-state index in [-0.39, 0.29) is 16.5 Å². The molecule has 28 heavy (non-hydrogen) atoms. The van der Waals surface area contributed by atoms with Crippen LogP contribution in [0.15, 0.2) is 50.8 Å². The fraction of sp³-hybridized carbons (Fsp3) is 0.263. The second kappa shape index (κ2) is 7.99. The Morgan fingerprint density at radius 2 is 2.00 bits per heavy atom. The van der Waals surface area contributed by atoms with Gasteiger partial charge in [0.05, 0.1) is 26.5 Å². The average Bonchev–Trinajstić information content (AvgIpc) is 2.93. The molecule has 2 aromatic carbocycles. The summed E-state index contributed by atoms with van der Waals surface area (Å²) in [5.74, 6) is 0.582. The molecule has 8 nitrogen and oxygen atoms in total. The summed E-state index contributed by atoms with van der Waals surface area (Å²) in [4.78, 5) is 0.164. The van der Waals surface area contributed by atoms with E-state index in [4.69, 9.17) is 9.47 Å². The number of hydrogen-bond acceptors (Lipinski definition) is 7. The molecule has 2 aromatic rings. The zero-order valence-electron chi connectivity index (χ0n) is 15.8. The topological polar surface area (TPSA) is 101 Å². The van der Waals surface area contributed by atoms with E-state index in [0.717, 1.165) is 5.56 Å². The number of phenols is 1. The second-order valence-electron chi connectivity index (χ2n) is 6.18. The number of hydrazone groups is 1. The molecule has 0 saturated heterocycles. The fourth-order valence-electron chi connectivity index (χ4n) is 2.75. The van der Waals surface area contributed by atoms with Gasteiger partial charge in [0.25, 0.3) is 10.0 Å². The maximum Gasteiger partial charge on any atom is 0.285 e. The van der Waals surface area contributed by atoms with Gasteiger partial charge in [0.15, 0.2) is 17.3 Å². The van der Waals surface area contributed by atoms with Crippen molar-refractivity contribution in [3.63, 3.8) is 0 Å². The summed E-state index contributed by atoms with van der Waals surface area (Å²) in [6, 6.07) is 9.85. The highest BCUT2D eigenvalue weighted by Crippen LogP contribution is 2.29. The summed E-state index contributed by atoms with van der Waals surface area (Å²) < 4.78 is 39.0. The molecule has 0 saturated carbocycles. The maximum atomic E-state index is 12.4. The highest BCUT2D eigenvalue weighted by molar-refractivity contribution is 7.90.